The fraction of sp³-hybridized carbons (Fsp3) is 0.179. The zero-order valence-corrected chi connectivity index (χ0v) is 20.0. The summed E-state index contributed by atoms with van der Waals surface area (Å²) in [7, 11) is 0. The van der Waals surface area contributed by atoms with Crippen molar-refractivity contribution in [3.05, 3.63) is 89.9 Å². The molecule has 0 unspecified atom stereocenters. The Kier molecular flexibility index (Phi) is 7.23. The van der Waals surface area contributed by atoms with Gasteiger partial charge >= 0.3 is 0 Å². The van der Waals surface area contributed by atoms with Gasteiger partial charge in [-0.25, -0.2) is 14.4 Å². The second-order valence-corrected chi connectivity index (χ2v) is 8.56. The zero-order chi connectivity index (χ0) is 25.6. The molecule has 1 aromatic heterocycles. The summed E-state index contributed by atoms with van der Waals surface area (Å²) >= 11 is 0. The van der Waals surface area contributed by atoms with Gasteiger partial charge in [-0.3, -0.25) is 4.79 Å². The maximum absolute atomic E-state index is 14.2. The van der Waals surface area contributed by atoms with E-state index in [1.54, 1.807) is 60.8 Å². The molecule has 0 saturated carbocycles. The number of para-hydroxylation sites is 1. The molecule has 2 aliphatic heterocycles. The van der Waals surface area contributed by atoms with E-state index in [-0.39, 0.29) is 18.3 Å². The highest BCUT2D eigenvalue weighted by molar-refractivity contribution is 5.96. The Morgan fingerprint density at radius 2 is 1.89 bits per heavy atom. The normalized spacial score (nSPS) is 14.0. The Balaban J connectivity index is 1.47. The van der Waals surface area contributed by atoms with E-state index in [0.29, 0.717) is 53.0 Å². The van der Waals surface area contributed by atoms with Crippen LogP contribution in [0.25, 0.3) is 11.3 Å². The predicted octanol–water partition coefficient (Wildman–Crippen LogP) is 5.44. The Morgan fingerprint density at radius 1 is 1.00 bits per heavy atom. The van der Waals surface area contributed by atoms with Crippen LogP contribution in [-0.2, 0) is 11.3 Å². The minimum atomic E-state index is -0.451. The van der Waals surface area contributed by atoms with Gasteiger partial charge in [0.2, 0.25) is 5.95 Å². The number of nitrogens with one attached hydrogen (secondary N) is 2. The number of rotatable bonds is 2. The average molecular weight is 500 g/mol. The van der Waals surface area contributed by atoms with Crippen molar-refractivity contribution in [2.24, 2.45) is 0 Å². The van der Waals surface area contributed by atoms with Gasteiger partial charge in [0.05, 0.1) is 12.3 Å². The van der Waals surface area contributed by atoms with E-state index >= 15 is 0 Å². The van der Waals surface area contributed by atoms with E-state index in [1.807, 2.05) is 6.07 Å². The number of carbonyl (C=O) groups excluding carboxylic acids is 1. The van der Waals surface area contributed by atoms with Crippen LogP contribution in [0.1, 0.15) is 28.8 Å². The summed E-state index contributed by atoms with van der Waals surface area (Å²) in [6.07, 6.45) is 3.14. The molecule has 0 saturated heterocycles. The molecule has 1 amide bonds. The van der Waals surface area contributed by atoms with Gasteiger partial charge in [0, 0.05) is 47.4 Å². The Bertz CT molecular complexity index is 1430. The number of aromatic nitrogens is 2. The molecule has 4 N–H and O–H groups in total. The van der Waals surface area contributed by atoms with Gasteiger partial charge < -0.3 is 25.8 Å². The van der Waals surface area contributed by atoms with Crippen LogP contribution >= 0.6 is 0 Å². The van der Waals surface area contributed by atoms with Crippen LogP contribution in [0.15, 0.2) is 72.9 Å². The van der Waals surface area contributed by atoms with Crippen LogP contribution in [0, 0.1) is 5.82 Å². The molecular weight excluding hydrogens is 473 g/mol. The number of nitrogen functional groups attached to an aromatic ring is 1. The maximum Gasteiger partial charge on any atom is 0.251 e. The van der Waals surface area contributed by atoms with Crippen LogP contribution in [0.5, 0.6) is 11.5 Å². The first-order valence-corrected chi connectivity index (χ1v) is 12.0. The highest BCUT2D eigenvalue weighted by Crippen LogP contribution is 2.31. The van der Waals surface area contributed by atoms with Crippen LogP contribution in [0.2, 0.25) is 0 Å². The molecule has 3 aromatic carbocycles. The Morgan fingerprint density at radius 3 is 2.76 bits per heavy atom. The van der Waals surface area contributed by atoms with Crippen LogP contribution < -0.4 is 21.1 Å². The standard InChI is InChI=1S/C28H26FN5O3/c29-22-5-1-2-6-26(22)37-25-10-8-20-15-19(25)17-36-14-4-3-12-31-27(35)18-7-9-21(23(30)16-18)24-11-13-32-28(33-20)34-24/h1-2,5-11,13,15-16H,3-4,12,14,17,30H2,(H,31,35)(H,32,33,34). The number of anilines is 3. The van der Waals surface area contributed by atoms with Crippen molar-refractivity contribution in [1.82, 2.24) is 15.3 Å². The number of hydrogen-bond donors (Lipinski definition) is 3. The molecule has 9 heteroatoms. The van der Waals surface area contributed by atoms with Gasteiger partial charge in [-0.05, 0) is 67.4 Å². The number of halogens is 1. The number of carbonyl (C=O) groups is 1. The van der Waals surface area contributed by atoms with Gasteiger partial charge in [-0.2, -0.15) is 0 Å². The molecule has 0 fully saturated rings. The Hall–Kier alpha value is -4.50. The van der Waals surface area contributed by atoms with Crippen LogP contribution in [0.3, 0.4) is 0 Å². The average Bonchev–Trinajstić information content (AvgIpc) is 2.90. The SMILES string of the molecule is Nc1cc2ccc1-c1ccnc(n1)Nc1ccc(Oc3ccccc3F)c(c1)COCCCCNC2=O. The van der Waals surface area contributed by atoms with Crippen molar-refractivity contribution in [1.29, 1.82) is 0 Å². The smallest absolute Gasteiger partial charge is 0.251 e. The summed E-state index contributed by atoms with van der Waals surface area (Å²) in [5.74, 6) is 0.342. The number of amides is 1. The quantitative estimate of drug-likeness (QED) is 0.315. The lowest BCUT2D eigenvalue weighted by Crippen LogP contribution is -2.24. The molecule has 188 valence electrons. The first kappa shape index (κ1) is 24.2. The molecule has 0 spiro atoms. The van der Waals surface area contributed by atoms with Gasteiger partial charge in [-0.1, -0.05) is 12.1 Å². The number of benzene rings is 3. The highest BCUT2D eigenvalue weighted by atomic mass is 19.1. The highest BCUT2D eigenvalue weighted by Gasteiger charge is 2.13. The molecule has 8 nitrogen and oxygen atoms in total. The summed E-state index contributed by atoms with van der Waals surface area (Å²) in [5.41, 5.74) is 9.96. The van der Waals surface area contributed by atoms with Crippen LogP contribution in [0.4, 0.5) is 21.7 Å². The van der Waals surface area contributed by atoms with Crippen LogP contribution in [-0.4, -0.2) is 29.0 Å². The van der Waals surface area contributed by atoms with Crippen molar-refractivity contribution in [3.8, 4) is 22.8 Å². The third-order valence-electron chi connectivity index (χ3n) is 5.88. The van der Waals surface area contributed by atoms with Crippen molar-refractivity contribution < 1.29 is 18.7 Å². The lowest BCUT2D eigenvalue weighted by Gasteiger charge is -2.15. The second kappa shape index (κ2) is 11.0. The fourth-order valence-corrected chi connectivity index (χ4v) is 3.97. The van der Waals surface area contributed by atoms with Crippen molar-refractivity contribution >= 4 is 23.2 Å². The molecule has 0 atom stereocenters. The molecule has 6 rings (SSSR count). The first-order chi connectivity index (χ1) is 18.1. The minimum absolute atomic E-state index is 0.130. The number of hydrogen-bond acceptors (Lipinski definition) is 7. The largest absolute Gasteiger partial charge is 0.454 e. The van der Waals surface area contributed by atoms with Gasteiger partial charge in [0.15, 0.2) is 11.6 Å². The first-order valence-electron chi connectivity index (χ1n) is 12.0. The lowest BCUT2D eigenvalue weighted by molar-refractivity contribution is 0.0945. The van der Waals surface area contributed by atoms with Gasteiger partial charge in [-0.15, -0.1) is 0 Å². The van der Waals surface area contributed by atoms with Crippen molar-refractivity contribution in [2.45, 2.75) is 19.4 Å². The molecule has 37 heavy (non-hydrogen) atoms. The monoisotopic (exact) mass is 499 g/mol. The third-order valence-corrected chi connectivity index (χ3v) is 5.88. The number of fused-ring (bicyclic) bond motifs is 9. The third kappa shape index (κ3) is 5.84. The second-order valence-electron chi connectivity index (χ2n) is 8.56. The minimum Gasteiger partial charge on any atom is -0.454 e. The van der Waals surface area contributed by atoms with Crippen molar-refractivity contribution in [2.75, 3.05) is 24.2 Å². The number of ether oxygens (including phenoxy) is 2. The topological polar surface area (TPSA) is 111 Å². The number of nitrogens with zero attached hydrogens (tertiary/aromatic N) is 2. The Labute approximate surface area is 213 Å². The molecule has 0 radical (unpaired) electrons. The lowest BCUT2D eigenvalue weighted by atomic mass is 10.1. The molecular formula is C28H26FN5O3. The van der Waals surface area contributed by atoms with E-state index in [9.17, 15) is 9.18 Å². The molecule has 2 aliphatic rings. The molecule has 3 heterocycles. The fourth-order valence-electron chi connectivity index (χ4n) is 3.97. The zero-order valence-electron chi connectivity index (χ0n) is 20.0. The summed E-state index contributed by atoms with van der Waals surface area (Å²) in [6.45, 7) is 1.26. The summed E-state index contributed by atoms with van der Waals surface area (Å²) < 4.78 is 26.0. The molecule has 4 aromatic rings. The number of nitrogens with two attached hydrogens (primary N) is 1. The summed E-state index contributed by atoms with van der Waals surface area (Å²) in [6, 6.07) is 18.6. The molecule has 6 bridgehead atoms. The van der Waals surface area contributed by atoms with E-state index < -0.39 is 5.82 Å². The predicted molar refractivity (Wildman–Crippen MR) is 139 cm³/mol. The summed E-state index contributed by atoms with van der Waals surface area (Å²) in [5, 5.41) is 6.12. The van der Waals surface area contributed by atoms with E-state index in [4.69, 9.17) is 15.2 Å². The van der Waals surface area contributed by atoms with Gasteiger partial charge in [0.25, 0.3) is 5.91 Å². The van der Waals surface area contributed by atoms with Crippen molar-refractivity contribution in [3.63, 3.8) is 0 Å². The van der Waals surface area contributed by atoms with E-state index in [2.05, 4.69) is 20.6 Å². The van der Waals surface area contributed by atoms with E-state index in [1.165, 1.54) is 6.07 Å². The van der Waals surface area contributed by atoms with E-state index in [0.717, 1.165) is 18.4 Å². The summed E-state index contributed by atoms with van der Waals surface area (Å²) in [4.78, 5) is 21.5. The molecule has 0 aliphatic carbocycles. The maximum atomic E-state index is 14.2. The van der Waals surface area contributed by atoms with Gasteiger partial charge in [0.1, 0.15) is 5.75 Å².